The van der Waals surface area contributed by atoms with Crippen molar-refractivity contribution in [2.24, 2.45) is 0 Å². The number of aryl methyl sites for hydroxylation is 1. The summed E-state index contributed by atoms with van der Waals surface area (Å²) in [7, 11) is 0. The molecule has 0 fully saturated rings. The lowest BCUT2D eigenvalue weighted by Gasteiger charge is -2.22. The monoisotopic (exact) mass is 266 g/mol. The molecule has 1 rings (SSSR count). The van der Waals surface area contributed by atoms with Gasteiger partial charge in [-0.1, -0.05) is 6.92 Å². The number of pyridine rings is 1. The molecule has 0 aliphatic rings. The standard InChI is InChI=1S/C14H22N2O3/c1-4-12-9-11(14(17)18)10-13(15-12)16(5-2)7-8-19-6-3/h9-10H,4-8H2,1-3H3,(H,17,18). The highest BCUT2D eigenvalue weighted by molar-refractivity contribution is 5.88. The third-order valence-corrected chi connectivity index (χ3v) is 2.89. The van der Waals surface area contributed by atoms with Gasteiger partial charge in [-0.15, -0.1) is 0 Å². The van der Waals surface area contributed by atoms with Crippen LogP contribution in [-0.4, -0.2) is 42.4 Å². The predicted octanol–water partition coefficient (Wildman–Crippen LogP) is 2.21. The third kappa shape index (κ3) is 4.52. The van der Waals surface area contributed by atoms with Crippen LogP contribution in [0.4, 0.5) is 5.82 Å². The number of ether oxygens (including phenoxy) is 1. The molecule has 0 aromatic carbocycles. The molecule has 0 saturated carbocycles. The normalized spacial score (nSPS) is 10.5. The number of likely N-dealkylation sites (N-methyl/N-ethyl adjacent to an activating group) is 1. The van der Waals surface area contributed by atoms with Gasteiger partial charge >= 0.3 is 5.97 Å². The summed E-state index contributed by atoms with van der Waals surface area (Å²) in [6, 6.07) is 3.25. The Morgan fingerprint density at radius 3 is 2.63 bits per heavy atom. The minimum Gasteiger partial charge on any atom is -0.478 e. The molecule has 1 heterocycles. The summed E-state index contributed by atoms with van der Waals surface area (Å²) < 4.78 is 5.34. The van der Waals surface area contributed by atoms with Crippen molar-refractivity contribution >= 4 is 11.8 Å². The molecule has 0 amide bonds. The van der Waals surface area contributed by atoms with Crippen LogP contribution in [0.2, 0.25) is 0 Å². The molecule has 0 aliphatic heterocycles. The zero-order valence-corrected chi connectivity index (χ0v) is 11.8. The zero-order valence-electron chi connectivity index (χ0n) is 11.8. The van der Waals surface area contributed by atoms with Crippen LogP contribution in [0.5, 0.6) is 0 Å². The van der Waals surface area contributed by atoms with Gasteiger partial charge in [0, 0.05) is 25.4 Å². The molecule has 0 spiro atoms. The molecule has 0 unspecified atom stereocenters. The second-order valence-electron chi connectivity index (χ2n) is 4.14. The first-order chi connectivity index (χ1) is 9.12. The summed E-state index contributed by atoms with van der Waals surface area (Å²) in [6.07, 6.45) is 0.719. The quantitative estimate of drug-likeness (QED) is 0.731. The van der Waals surface area contributed by atoms with Crippen LogP contribution in [0.25, 0.3) is 0 Å². The molecule has 19 heavy (non-hydrogen) atoms. The largest absolute Gasteiger partial charge is 0.478 e. The van der Waals surface area contributed by atoms with Crippen LogP contribution in [0.3, 0.4) is 0 Å². The molecule has 0 radical (unpaired) electrons. The fraction of sp³-hybridized carbons (Fsp3) is 0.571. The SMILES string of the molecule is CCOCCN(CC)c1cc(C(=O)O)cc(CC)n1. The topological polar surface area (TPSA) is 62.7 Å². The Morgan fingerprint density at radius 1 is 1.37 bits per heavy atom. The van der Waals surface area contributed by atoms with Crippen molar-refractivity contribution in [3.63, 3.8) is 0 Å². The van der Waals surface area contributed by atoms with Crippen LogP contribution < -0.4 is 4.90 Å². The molecule has 1 aromatic rings. The molecular weight excluding hydrogens is 244 g/mol. The number of hydrogen-bond acceptors (Lipinski definition) is 4. The van der Waals surface area contributed by atoms with Gasteiger partial charge in [0.2, 0.25) is 0 Å². The van der Waals surface area contributed by atoms with E-state index in [1.165, 1.54) is 0 Å². The summed E-state index contributed by atoms with van der Waals surface area (Å²) in [5.74, 6) is -0.210. The van der Waals surface area contributed by atoms with Gasteiger partial charge in [0.1, 0.15) is 5.82 Å². The smallest absolute Gasteiger partial charge is 0.335 e. The van der Waals surface area contributed by atoms with E-state index in [-0.39, 0.29) is 5.56 Å². The molecule has 0 bridgehead atoms. The number of carboxylic acid groups (broad SMARTS) is 1. The number of carboxylic acids is 1. The number of aromatic nitrogens is 1. The van der Waals surface area contributed by atoms with Gasteiger partial charge in [-0.05, 0) is 32.4 Å². The highest BCUT2D eigenvalue weighted by atomic mass is 16.5. The van der Waals surface area contributed by atoms with Gasteiger partial charge in [0.05, 0.1) is 12.2 Å². The summed E-state index contributed by atoms with van der Waals surface area (Å²) in [5.41, 5.74) is 1.08. The fourth-order valence-electron chi connectivity index (χ4n) is 1.79. The molecule has 5 nitrogen and oxygen atoms in total. The minimum atomic E-state index is -0.917. The highest BCUT2D eigenvalue weighted by Crippen LogP contribution is 2.15. The van der Waals surface area contributed by atoms with E-state index in [0.29, 0.717) is 25.6 Å². The average molecular weight is 266 g/mol. The Kier molecular flexibility index (Phi) is 6.29. The Hall–Kier alpha value is -1.62. The second-order valence-corrected chi connectivity index (χ2v) is 4.14. The highest BCUT2D eigenvalue weighted by Gasteiger charge is 2.12. The molecule has 1 N–H and O–H groups in total. The van der Waals surface area contributed by atoms with E-state index in [0.717, 1.165) is 18.7 Å². The first-order valence-electron chi connectivity index (χ1n) is 6.69. The van der Waals surface area contributed by atoms with Crippen molar-refractivity contribution in [1.82, 2.24) is 4.98 Å². The van der Waals surface area contributed by atoms with E-state index in [2.05, 4.69) is 4.98 Å². The van der Waals surface area contributed by atoms with Gasteiger partial charge in [-0.25, -0.2) is 9.78 Å². The Bertz CT molecular complexity index is 421. The van der Waals surface area contributed by atoms with Crippen LogP contribution in [0, 0.1) is 0 Å². The Balaban J connectivity index is 2.94. The van der Waals surface area contributed by atoms with E-state index in [1.807, 2.05) is 25.7 Å². The first kappa shape index (κ1) is 15.4. The maximum absolute atomic E-state index is 11.1. The second kappa shape index (κ2) is 7.74. The fourth-order valence-corrected chi connectivity index (χ4v) is 1.79. The minimum absolute atomic E-state index is 0.289. The Labute approximate surface area is 114 Å². The van der Waals surface area contributed by atoms with Crippen LogP contribution in [0.15, 0.2) is 12.1 Å². The molecule has 0 atom stereocenters. The lowest BCUT2D eigenvalue weighted by Crippen LogP contribution is -2.28. The van der Waals surface area contributed by atoms with E-state index in [9.17, 15) is 4.79 Å². The van der Waals surface area contributed by atoms with Gasteiger partial charge in [0.15, 0.2) is 0 Å². The summed E-state index contributed by atoms with van der Waals surface area (Å²) >= 11 is 0. The molecule has 0 aliphatic carbocycles. The maximum Gasteiger partial charge on any atom is 0.335 e. The lowest BCUT2D eigenvalue weighted by molar-refractivity contribution is 0.0696. The predicted molar refractivity (Wildman–Crippen MR) is 75.0 cm³/mol. The molecule has 106 valence electrons. The molecular formula is C14H22N2O3. The van der Waals surface area contributed by atoms with E-state index >= 15 is 0 Å². The first-order valence-corrected chi connectivity index (χ1v) is 6.69. The third-order valence-electron chi connectivity index (χ3n) is 2.89. The van der Waals surface area contributed by atoms with E-state index < -0.39 is 5.97 Å². The average Bonchev–Trinajstić information content (AvgIpc) is 2.43. The van der Waals surface area contributed by atoms with Crippen LogP contribution >= 0.6 is 0 Å². The van der Waals surface area contributed by atoms with Gasteiger partial charge in [0.25, 0.3) is 0 Å². The van der Waals surface area contributed by atoms with E-state index in [1.54, 1.807) is 12.1 Å². The summed E-state index contributed by atoms with van der Waals surface area (Å²) in [6.45, 7) is 8.72. The van der Waals surface area contributed by atoms with Crippen molar-refractivity contribution in [3.8, 4) is 0 Å². The Morgan fingerprint density at radius 2 is 2.11 bits per heavy atom. The van der Waals surface area contributed by atoms with E-state index in [4.69, 9.17) is 9.84 Å². The van der Waals surface area contributed by atoms with Crippen molar-refractivity contribution in [2.45, 2.75) is 27.2 Å². The number of carbonyl (C=O) groups is 1. The maximum atomic E-state index is 11.1. The lowest BCUT2D eigenvalue weighted by atomic mass is 10.2. The number of aromatic carboxylic acids is 1. The van der Waals surface area contributed by atoms with Crippen molar-refractivity contribution < 1.29 is 14.6 Å². The number of nitrogens with zero attached hydrogens (tertiary/aromatic N) is 2. The zero-order chi connectivity index (χ0) is 14.3. The van der Waals surface area contributed by atoms with Gasteiger partial charge < -0.3 is 14.7 Å². The van der Waals surface area contributed by atoms with Gasteiger partial charge in [-0.3, -0.25) is 0 Å². The molecule has 1 aromatic heterocycles. The summed E-state index contributed by atoms with van der Waals surface area (Å²) in [4.78, 5) is 17.6. The number of hydrogen-bond donors (Lipinski definition) is 1. The van der Waals surface area contributed by atoms with Crippen molar-refractivity contribution in [1.29, 1.82) is 0 Å². The number of rotatable bonds is 8. The number of anilines is 1. The van der Waals surface area contributed by atoms with Gasteiger partial charge in [-0.2, -0.15) is 0 Å². The van der Waals surface area contributed by atoms with Crippen LogP contribution in [-0.2, 0) is 11.2 Å². The molecule has 5 heteroatoms. The summed E-state index contributed by atoms with van der Waals surface area (Å²) in [5, 5.41) is 9.13. The molecule has 0 saturated heterocycles. The van der Waals surface area contributed by atoms with Crippen molar-refractivity contribution in [3.05, 3.63) is 23.4 Å². The van der Waals surface area contributed by atoms with Crippen molar-refractivity contribution in [2.75, 3.05) is 31.2 Å². The van der Waals surface area contributed by atoms with Crippen LogP contribution in [0.1, 0.15) is 36.8 Å².